The third kappa shape index (κ3) is 3.13. The number of rotatable bonds is 6. The highest BCUT2D eigenvalue weighted by molar-refractivity contribution is 7.89. The van der Waals surface area contributed by atoms with Crippen LogP contribution in [0.25, 0.3) is 0 Å². The van der Waals surface area contributed by atoms with Crippen LogP contribution in [-0.2, 0) is 10.0 Å². The minimum atomic E-state index is -3.68. The summed E-state index contributed by atoms with van der Waals surface area (Å²) in [5.41, 5.74) is 2.31. The van der Waals surface area contributed by atoms with Gasteiger partial charge in [0.2, 0.25) is 10.0 Å². The van der Waals surface area contributed by atoms with E-state index in [2.05, 4.69) is 25.1 Å². The van der Waals surface area contributed by atoms with Crippen molar-refractivity contribution in [2.45, 2.75) is 24.3 Å². The fourth-order valence-electron chi connectivity index (χ4n) is 1.71. The first-order chi connectivity index (χ1) is 9.56. The van der Waals surface area contributed by atoms with Crippen LogP contribution in [0.2, 0.25) is 0 Å². The van der Waals surface area contributed by atoms with Crippen molar-refractivity contribution in [2.24, 2.45) is 5.84 Å². The van der Waals surface area contributed by atoms with Gasteiger partial charge in [0.05, 0.1) is 10.9 Å². The van der Waals surface area contributed by atoms with E-state index in [-0.39, 0.29) is 10.7 Å². The topological polar surface area (TPSA) is 126 Å². The van der Waals surface area contributed by atoms with Gasteiger partial charge in [-0.1, -0.05) is 6.92 Å². The van der Waals surface area contributed by atoms with E-state index in [1.807, 2.05) is 6.92 Å². The standard InChI is InChI=1S/C11H16N6O2S/c1-2-9(11-14-5-6-15-11)17-20(18,19)8-3-4-13-10(7-8)16-12/h3-7,9,17H,2,12H2,1H3,(H,13,16)(H,14,15). The van der Waals surface area contributed by atoms with Crippen LogP contribution in [-0.4, -0.2) is 23.4 Å². The molecule has 0 aliphatic heterocycles. The molecule has 0 aliphatic carbocycles. The van der Waals surface area contributed by atoms with Gasteiger partial charge in [0, 0.05) is 24.7 Å². The van der Waals surface area contributed by atoms with Crippen LogP contribution in [0.1, 0.15) is 25.2 Å². The Balaban J connectivity index is 2.26. The molecule has 2 heterocycles. The second kappa shape index (κ2) is 5.99. The van der Waals surface area contributed by atoms with E-state index in [0.29, 0.717) is 12.2 Å². The molecule has 0 amide bonds. The first kappa shape index (κ1) is 14.4. The van der Waals surface area contributed by atoms with Crippen LogP contribution in [0.4, 0.5) is 5.82 Å². The highest BCUT2D eigenvalue weighted by Gasteiger charge is 2.22. The molecular formula is C11H16N6O2S. The number of hydrogen-bond acceptors (Lipinski definition) is 6. The van der Waals surface area contributed by atoms with Crippen molar-refractivity contribution in [2.75, 3.05) is 5.43 Å². The van der Waals surface area contributed by atoms with Crippen LogP contribution in [0, 0.1) is 0 Å². The molecule has 0 radical (unpaired) electrons. The summed E-state index contributed by atoms with van der Waals surface area (Å²) in [5.74, 6) is 6.07. The highest BCUT2D eigenvalue weighted by Crippen LogP contribution is 2.18. The van der Waals surface area contributed by atoms with E-state index in [9.17, 15) is 8.42 Å². The van der Waals surface area contributed by atoms with Crippen LogP contribution >= 0.6 is 0 Å². The Bertz CT molecular complexity index is 655. The van der Waals surface area contributed by atoms with E-state index in [1.165, 1.54) is 18.3 Å². The summed E-state index contributed by atoms with van der Waals surface area (Å²) in [6.07, 6.45) is 5.17. The Hall–Kier alpha value is -1.97. The van der Waals surface area contributed by atoms with Gasteiger partial charge in [-0.15, -0.1) is 0 Å². The third-order valence-corrected chi connectivity index (χ3v) is 4.21. The second-order valence-electron chi connectivity index (χ2n) is 4.08. The summed E-state index contributed by atoms with van der Waals surface area (Å²) in [4.78, 5) is 10.9. The third-order valence-electron chi connectivity index (χ3n) is 2.74. The molecule has 0 fully saturated rings. The lowest BCUT2D eigenvalue weighted by Crippen LogP contribution is -2.29. The number of hydrazine groups is 1. The van der Waals surface area contributed by atoms with E-state index < -0.39 is 16.1 Å². The molecule has 20 heavy (non-hydrogen) atoms. The van der Waals surface area contributed by atoms with Crippen molar-refractivity contribution in [3.63, 3.8) is 0 Å². The molecular weight excluding hydrogens is 280 g/mol. The SMILES string of the molecule is CCC(NS(=O)(=O)c1ccnc(NN)c1)c1ncc[nH]1. The molecule has 1 atom stereocenters. The molecule has 2 aromatic rings. The molecule has 0 aliphatic rings. The fourth-order valence-corrected chi connectivity index (χ4v) is 3.01. The molecule has 0 saturated heterocycles. The van der Waals surface area contributed by atoms with E-state index >= 15 is 0 Å². The molecule has 1 unspecified atom stereocenters. The Kier molecular flexibility index (Phi) is 4.32. The number of anilines is 1. The molecule has 108 valence electrons. The van der Waals surface area contributed by atoms with Gasteiger partial charge in [0.25, 0.3) is 0 Å². The summed E-state index contributed by atoms with van der Waals surface area (Å²) < 4.78 is 27.2. The molecule has 0 bridgehead atoms. The molecule has 0 spiro atoms. The van der Waals surface area contributed by atoms with Crippen molar-refractivity contribution in [3.05, 3.63) is 36.5 Å². The number of aromatic amines is 1. The normalized spacial score (nSPS) is 13.1. The van der Waals surface area contributed by atoms with Crippen molar-refractivity contribution < 1.29 is 8.42 Å². The summed E-state index contributed by atoms with van der Waals surface area (Å²) in [5, 5.41) is 0. The van der Waals surface area contributed by atoms with Gasteiger partial charge in [-0.05, 0) is 12.5 Å². The lowest BCUT2D eigenvalue weighted by atomic mass is 10.2. The molecule has 8 nitrogen and oxygen atoms in total. The zero-order valence-corrected chi connectivity index (χ0v) is 11.7. The van der Waals surface area contributed by atoms with Gasteiger partial charge in [-0.2, -0.15) is 0 Å². The maximum absolute atomic E-state index is 12.3. The molecule has 9 heteroatoms. The summed E-state index contributed by atoms with van der Waals surface area (Å²) >= 11 is 0. The van der Waals surface area contributed by atoms with E-state index in [0.717, 1.165) is 0 Å². The molecule has 2 rings (SSSR count). The largest absolute Gasteiger partial charge is 0.347 e. The summed E-state index contributed by atoms with van der Waals surface area (Å²) in [7, 11) is -3.68. The van der Waals surface area contributed by atoms with Crippen LogP contribution in [0.3, 0.4) is 0 Å². The Morgan fingerprint density at radius 3 is 2.80 bits per heavy atom. The number of hydrogen-bond donors (Lipinski definition) is 4. The minimum Gasteiger partial charge on any atom is -0.347 e. The van der Waals surface area contributed by atoms with Gasteiger partial charge in [-0.25, -0.2) is 29.0 Å². The molecule has 2 aromatic heterocycles. The smallest absolute Gasteiger partial charge is 0.241 e. The number of H-pyrrole nitrogens is 1. The van der Waals surface area contributed by atoms with Gasteiger partial charge in [-0.3, -0.25) is 0 Å². The number of nitrogens with two attached hydrogens (primary N) is 1. The van der Waals surface area contributed by atoms with Crippen LogP contribution in [0.15, 0.2) is 35.6 Å². The highest BCUT2D eigenvalue weighted by atomic mass is 32.2. The second-order valence-corrected chi connectivity index (χ2v) is 5.79. The average Bonchev–Trinajstić information content (AvgIpc) is 2.99. The predicted molar refractivity (Wildman–Crippen MR) is 74.0 cm³/mol. The summed E-state index contributed by atoms with van der Waals surface area (Å²) in [6.45, 7) is 1.87. The van der Waals surface area contributed by atoms with Gasteiger partial charge in [0.1, 0.15) is 11.6 Å². The first-order valence-corrected chi connectivity index (χ1v) is 7.49. The van der Waals surface area contributed by atoms with Gasteiger partial charge >= 0.3 is 0 Å². The van der Waals surface area contributed by atoms with Crippen LogP contribution < -0.4 is 16.0 Å². The predicted octanol–water partition coefficient (Wildman–Crippen LogP) is 0.520. The minimum absolute atomic E-state index is 0.0884. The summed E-state index contributed by atoms with van der Waals surface area (Å²) in [6, 6.07) is 2.34. The number of imidazole rings is 1. The van der Waals surface area contributed by atoms with Gasteiger partial charge in [0.15, 0.2) is 0 Å². The van der Waals surface area contributed by atoms with Crippen molar-refractivity contribution in [1.82, 2.24) is 19.7 Å². The number of nitrogens with one attached hydrogen (secondary N) is 3. The number of pyridine rings is 1. The maximum Gasteiger partial charge on any atom is 0.241 e. The van der Waals surface area contributed by atoms with Gasteiger partial charge < -0.3 is 10.4 Å². The monoisotopic (exact) mass is 296 g/mol. The number of nitrogen functional groups attached to an aromatic ring is 1. The van der Waals surface area contributed by atoms with Crippen molar-refractivity contribution in [1.29, 1.82) is 0 Å². The zero-order valence-electron chi connectivity index (χ0n) is 10.9. The Morgan fingerprint density at radius 1 is 1.40 bits per heavy atom. The lowest BCUT2D eigenvalue weighted by molar-refractivity contribution is 0.539. The van der Waals surface area contributed by atoms with Crippen molar-refractivity contribution >= 4 is 15.8 Å². The molecule has 0 aromatic carbocycles. The molecule has 5 N–H and O–H groups in total. The van der Waals surface area contributed by atoms with Crippen molar-refractivity contribution in [3.8, 4) is 0 Å². The maximum atomic E-state index is 12.3. The molecule has 0 saturated carbocycles. The first-order valence-electron chi connectivity index (χ1n) is 6.01. The zero-order chi connectivity index (χ0) is 14.6. The van der Waals surface area contributed by atoms with Crippen LogP contribution in [0.5, 0.6) is 0 Å². The lowest BCUT2D eigenvalue weighted by Gasteiger charge is -2.15. The Morgan fingerprint density at radius 2 is 2.20 bits per heavy atom. The number of aromatic nitrogens is 3. The quantitative estimate of drug-likeness (QED) is 0.455. The average molecular weight is 296 g/mol. The Labute approximate surface area is 116 Å². The fraction of sp³-hybridized carbons (Fsp3) is 0.273. The van der Waals surface area contributed by atoms with E-state index in [4.69, 9.17) is 5.84 Å². The number of sulfonamides is 1. The van der Waals surface area contributed by atoms with E-state index in [1.54, 1.807) is 12.4 Å². The number of nitrogens with zero attached hydrogens (tertiary/aromatic N) is 2.